The minimum Gasteiger partial charge on any atom is -0.451 e. The number of aryl methyl sites for hydroxylation is 1. The van der Waals surface area contributed by atoms with Crippen molar-refractivity contribution in [3.63, 3.8) is 0 Å². The molecule has 3 heterocycles. The molecule has 24 heavy (non-hydrogen) atoms. The van der Waals surface area contributed by atoms with Crippen molar-refractivity contribution in [1.29, 1.82) is 0 Å². The van der Waals surface area contributed by atoms with E-state index in [1.165, 1.54) is 0 Å². The van der Waals surface area contributed by atoms with E-state index in [-0.39, 0.29) is 5.91 Å². The number of aromatic nitrogens is 2. The molecule has 1 atom stereocenters. The first-order chi connectivity index (χ1) is 11.7. The van der Waals surface area contributed by atoms with Gasteiger partial charge < -0.3 is 14.5 Å². The van der Waals surface area contributed by atoms with Gasteiger partial charge in [-0.2, -0.15) is 5.10 Å². The molecule has 0 saturated carbocycles. The van der Waals surface area contributed by atoms with Gasteiger partial charge in [-0.15, -0.1) is 0 Å². The molecule has 1 amide bonds. The van der Waals surface area contributed by atoms with E-state index < -0.39 is 0 Å². The molecule has 1 aromatic carbocycles. The minimum absolute atomic E-state index is 0.256. The third-order valence-corrected chi connectivity index (χ3v) is 4.46. The number of anilines is 1. The quantitative estimate of drug-likeness (QED) is 0.799. The summed E-state index contributed by atoms with van der Waals surface area (Å²) < 4.78 is 12.9. The van der Waals surface area contributed by atoms with Gasteiger partial charge in [0.1, 0.15) is 11.4 Å². The van der Waals surface area contributed by atoms with E-state index in [2.05, 4.69) is 10.4 Å². The SMILES string of the molecule is Cc1c(C(=O)Nc2ccnn2CC2CCOC2)oc2ccccc12. The number of benzene rings is 1. The summed E-state index contributed by atoms with van der Waals surface area (Å²) in [5.41, 5.74) is 1.56. The molecule has 6 nitrogen and oxygen atoms in total. The van der Waals surface area contributed by atoms with Crippen molar-refractivity contribution in [1.82, 2.24) is 9.78 Å². The van der Waals surface area contributed by atoms with E-state index in [0.717, 1.165) is 42.7 Å². The Balaban J connectivity index is 1.55. The molecule has 0 bridgehead atoms. The molecule has 1 aliphatic heterocycles. The smallest absolute Gasteiger partial charge is 0.292 e. The van der Waals surface area contributed by atoms with E-state index in [0.29, 0.717) is 17.5 Å². The Morgan fingerprint density at radius 3 is 3.04 bits per heavy atom. The summed E-state index contributed by atoms with van der Waals surface area (Å²) in [4.78, 5) is 12.6. The van der Waals surface area contributed by atoms with Crippen LogP contribution in [0, 0.1) is 12.8 Å². The maximum absolute atomic E-state index is 12.6. The van der Waals surface area contributed by atoms with Gasteiger partial charge in [-0.3, -0.25) is 4.79 Å². The van der Waals surface area contributed by atoms with E-state index in [4.69, 9.17) is 9.15 Å². The summed E-state index contributed by atoms with van der Waals surface area (Å²) in [5.74, 6) is 1.20. The van der Waals surface area contributed by atoms with Gasteiger partial charge in [0.05, 0.1) is 12.8 Å². The van der Waals surface area contributed by atoms with Crippen molar-refractivity contribution in [2.45, 2.75) is 19.9 Å². The number of para-hydroxylation sites is 1. The minimum atomic E-state index is -0.256. The predicted octanol–water partition coefficient (Wildman–Crippen LogP) is 3.23. The van der Waals surface area contributed by atoms with Crippen LogP contribution in [0.4, 0.5) is 5.82 Å². The van der Waals surface area contributed by atoms with Crippen LogP contribution < -0.4 is 5.32 Å². The Morgan fingerprint density at radius 2 is 2.25 bits per heavy atom. The molecule has 4 rings (SSSR count). The highest BCUT2D eigenvalue weighted by Crippen LogP contribution is 2.26. The van der Waals surface area contributed by atoms with Crippen molar-refractivity contribution in [2.75, 3.05) is 18.5 Å². The average Bonchev–Trinajstić information content (AvgIpc) is 3.31. The molecule has 1 N–H and O–H groups in total. The van der Waals surface area contributed by atoms with Crippen LogP contribution >= 0.6 is 0 Å². The number of carbonyl (C=O) groups is 1. The normalized spacial score (nSPS) is 17.5. The second kappa shape index (κ2) is 6.13. The lowest BCUT2D eigenvalue weighted by Gasteiger charge is -2.11. The number of ether oxygens (including phenoxy) is 1. The van der Waals surface area contributed by atoms with E-state index in [9.17, 15) is 4.79 Å². The largest absolute Gasteiger partial charge is 0.451 e. The number of fused-ring (bicyclic) bond motifs is 1. The van der Waals surface area contributed by atoms with Crippen molar-refractivity contribution in [2.24, 2.45) is 5.92 Å². The highest BCUT2D eigenvalue weighted by atomic mass is 16.5. The number of amides is 1. The molecule has 1 fully saturated rings. The second-order valence-corrected chi connectivity index (χ2v) is 6.13. The molecule has 1 aliphatic rings. The van der Waals surface area contributed by atoms with Crippen LogP contribution in [-0.2, 0) is 11.3 Å². The zero-order valence-electron chi connectivity index (χ0n) is 13.5. The number of hydrogen-bond acceptors (Lipinski definition) is 4. The third kappa shape index (κ3) is 2.69. The molecular formula is C18H19N3O3. The molecule has 3 aromatic rings. The van der Waals surface area contributed by atoms with Gasteiger partial charge in [0, 0.05) is 36.1 Å². The number of carbonyl (C=O) groups excluding carboxylic acids is 1. The number of nitrogens with one attached hydrogen (secondary N) is 1. The fourth-order valence-corrected chi connectivity index (χ4v) is 3.12. The van der Waals surface area contributed by atoms with E-state index >= 15 is 0 Å². The van der Waals surface area contributed by atoms with Crippen LogP contribution in [0.15, 0.2) is 40.9 Å². The molecule has 0 aliphatic carbocycles. The number of rotatable bonds is 4. The molecule has 2 aromatic heterocycles. The fourth-order valence-electron chi connectivity index (χ4n) is 3.12. The monoisotopic (exact) mass is 325 g/mol. The van der Waals surface area contributed by atoms with E-state index in [1.54, 1.807) is 12.3 Å². The van der Waals surface area contributed by atoms with Crippen molar-refractivity contribution in [3.05, 3.63) is 47.9 Å². The lowest BCUT2D eigenvalue weighted by Crippen LogP contribution is -2.19. The Kier molecular flexibility index (Phi) is 3.82. The van der Waals surface area contributed by atoms with E-state index in [1.807, 2.05) is 35.9 Å². The summed E-state index contributed by atoms with van der Waals surface area (Å²) in [6.07, 6.45) is 2.72. The molecule has 124 valence electrons. The van der Waals surface area contributed by atoms with Gasteiger partial charge in [-0.1, -0.05) is 18.2 Å². The van der Waals surface area contributed by atoms with Gasteiger partial charge in [0.15, 0.2) is 5.76 Å². The van der Waals surface area contributed by atoms with Crippen molar-refractivity contribution >= 4 is 22.7 Å². The molecule has 6 heteroatoms. The number of hydrogen-bond donors (Lipinski definition) is 1. The van der Waals surface area contributed by atoms with Gasteiger partial charge in [0.2, 0.25) is 0 Å². The van der Waals surface area contributed by atoms with Gasteiger partial charge in [0.25, 0.3) is 5.91 Å². The number of nitrogens with zero attached hydrogens (tertiary/aromatic N) is 2. The van der Waals surface area contributed by atoms with Gasteiger partial charge in [-0.25, -0.2) is 4.68 Å². The fraction of sp³-hybridized carbons (Fsp3) is 0.333. The molecule has 0 radical (unpaired) electrons. The van der Waals surface area contributed by atoms with Crippen LogP contribution in [0.3, 0.4) is 0 Å². The Hall–Kier alpha value is -2.60. The summed E-state index contributed by atoms with van der Waals surface area (Å²) in [6.45, 7) is 4.18. The standard InChI is InChI=1S/C18H19N3O3/c1-12-14-4-2-3-5-15(14)24-17(12)18(22)20-16-6-8-19-21(16)10-13-7-9-23-11-13/h2-6,8,13H,7,9-11H2,1H3,(H,20,22). The summed E-state index contributed by atoms with van der Waals surface area (Å²) in [5, 5.41) is 8.17. The van der Waals surface area contributed by atoms with Gasteiger partial charge >= 0.3 is 0 Å². The van der Waals surface area contributed by atoms with Crippen LogP contribution in [0.25, 0.3) is 11.0 Å². The maximum atomic E-state index is 12.6. The zero-order chi connectivity index (χ0) is 16.5. The first-order valence-corrected chi connectivity index (χ1v) is 8.11. The summed E-state index contributed by atoms with van der Waals surface area (Å²) >= 11 is 0. The zero-order valence-corrected chi connectivity index (χ0v) is 13.5. The topological polar surface area (TPSA) is 69.3 Å². The van der Waals surface area contributed by atoms with Crippen molar-refractivity contribution in [3.8, 4) is 0 Å². The van der Waals surface area contributed by atoms with Crippen LogP contribution in [0.5, 0.6) is 0 Å². The highest BCUT2D eigenvalue weighted by Gasteiger charge is 2.21. The number of furan rings is 1. The first kappa shape index (κ1) is 15.0. The Morgan fingerprint density at radius 1 is 1.38 bits per heavy atom. The van der Waals surface area contributed by atoms with Gasteiger partial charge in [-0.05, 0) is 19.4 Å². The first-order valence-electron chi connectivity index (χ1n) is 8.11. The average molecular weight is 325 g/mol. The van der Waals surface area contributed by atoms with Crippen LogP contribution in [-0.4, -0.2) is 28.9 Å². The molecule has 1 saturated heterocycles. The second-order valence-electron chi connectivity index (χ2n) is 6.13. The maximum Gasteiger partial charge on any atom is 0.292 e. The third-order valence-electron chi connectivity index (χ3n) is 4.46. The van der Waals surface area contributed by atoms with Crippen LogP contribution in [0.2, 0.25) is 0 Å². The van der Waals surface area contributed by atoms with Crippen molar-refractivity contribution < 1.29 is 13.9 Å². The summed E-state index contributed by atoms with van der Waals surface area (Å²) in [6, 6.07) is 9.45. The molecular weight excluding hydrogens is 306 g/mol. The van der Waals surface area contributed by atoms with Crippen LogP contribution in [0.1, 0.15) is 22.5 Å². The predicted molar refractivity (Wildman–Crippen MR) is 90.1 cm³/mol. The molecule has 0 spiro atoms. The highest BCUT2D eigenvalue weighted by molar-refractivity contribution is 6.06. The lowest BCUT2D eigenvalue weighted by molar-refractivity contribution is 0.0996. The lowest BCUT2D eigenvalue weighted by atomic mass is 10.1. The Bertz CT molecular complexity index is 875. The molecule has 1 unspecified atom stereocenters. The Labute approximate surface area is 139 Å². The summed E-state index contributed by atoms with van der Waals surface area (Å²) in [7, 11) is 0.